The molecule has 0 aromatic heterocycles. The van der Waals surface area contributed by atoms with E-state index in [4.69, 9.17) is 9.47 Å². The molecule has 104 valence electrons. The Morgan fingerprint density at radius 1 is 1.16 bits per heavy atom. The van der Waals surface area contributed by atoms with Crippen LogP contribution in [-0.4, -0.2) is 39.8 Å². The molecule has 19 heavy (non-hydrogen) atoms. The second kappa shape index (κ2) is 6.63. The number of anilines is 1. The van der Waals surface area contributed by atoms with Gasteiger partial charge in [0, 0.05) is 18.8 Å². The lowest BCUT2D eigenvalue weighted by Gasteiger charge is -2.17. The quantitative estimate of drug-likeness (QED) is 0.606. The molecule has 0 atom stereocenters. The Morgan fingerprint density at radius 3 is 2.32 bits per heavy atom. The van der Waals surface area contributed by atoms with Crippen molar-refractivity contribution in [3.05, 3.63) is 18.2 Å². The predicted molar refractivity (Wildman–Crippen MR) is 69.6 cm³/mol. The zero-order valence-corrected chi connectivity index (χ0v) is 11.4. The molecule has 1 amide bonds. The summed E-state index contributed by atoms with van der Waals surface area (Å²) in [6.45, 7) is 1.80. The topological polar surface area (TPSA) is 65.1 Å². The van der Waals surface area contributed by atoms with Gasteiger partial charge < -0.3 is 19.1 Å². The second-order valence-electron chi connectivity index (χ2n) is 3.62. The Kier molecular flexibility index (Phi) is 5.17. The van der Waals surface area contributed by atoms with Crippen molar-refractivity contribution in [3.63, 3.8) is 0 Å². The van der Waals surface area contributed by atoms with Gasteiger partial charge in [-0.15, -0.1) is 0 Å². The summed E-state index contributed by atoms with van der Waals surface area (Å²) < 4.78 is 14.9. The molecule has 0 saturated carbocycles. The van der Waals surface area contributed by atoms with Gasteiger partial charge in [0.05, 0.1) is 20.8 Å². The smallest absolute Gasteiger partial charge is 0.397 e. The Bertz CT molecular complexity index is 472. The summed E-state index contributed by atoms with van der Waals surface area (Å²) >= 11 is 0. The molecule has 0 bridgehead atoms. The number of nitrogens with zero attached hydrogens (tertiary/aromatic N) is 1. The van der Waals surface area contributed by atoms with E-state index in [1.165, 1.54) is 26.2 Å². The van der Waals surface area contributed by atoms with Crippen molar-refractivity contribution in [2.75, 3.05) is 32.8 Å². The van der Waals surface area contributed by atoms with E-state index in [1.807, 2.05) is 0 Å². The Morgan fingerprint density at radius 2 is 1.79 bits per heavy atom. The van der Waals surface area contributed by atoms with E-state index in [9.17, 15) is 9.59 Å². The van der Waals surface area contributed by atoms with E-state index in [-0.39, 0.29) is 6.61 Å². The summed E-state index contributed by atoms with van der Waals surface area (Å²) in [5.41, 5.74) is 0.510. The monoisotopic (exact) mass is 267 g/mol. The molecule has 6 heteroatoms. The molecule has 0 heterocycles. The number of benzene rings is 1. The van der Waals surface area contributed by atoms with Gasteiger partial charge in [-0.05, 0) is 19.1 Å². The van der Waals surface area contributed by atoms with Crippen LogP contribution in [0, 0.1) is 0 Å². The lowest BCUT2D eigenvalue weighted by Crippen LogP contribution is -2.34. The van der Waals surface area contributed by atoms with Gasteiger partial charge in [-0.1, -0.05) is 0 Å². The SMILES string of the molecule is CCOC(=O)C(=O)N(C)c1ccc(OC)c(OC)c1. The summed E-state index contributed by atoms with van der Waals surface area (Å²) in [5.74, 6) is -0.611. The van der Waals surface area contributed by atoms with Crippen LogP contribution in [0.1, 0.15) is 6.92 Å². The molecule has 0 spiro atoms. The van der Waals surface area contributed by atoms with Crippen LogP contribution in [0.2, 0.25) is 0 Å². The number of hydrogen-bond donors (Lipinski definition) is 0. The molecule has 0 saturated heterocycles. The maximum absolute atomic E-state index is 11.8. The van der Waals surface area contributed by atoms with Crippen molar-refractivity contribution < 1.29 is 23.8 Å². The number of methoxy groups -OCH3 is 2. The number of ether oxygens (including phenoxy) is 3. The van der Waals surface area contributed by atoms with Gasteiger partial charge in [-0.3, -0.25) is 4.79 Å². The lowest BCUT2D eigenvalue weighted by molar-refractivity contribution is -0.153. The van der Waals surface area contributed by atoms with Crippen LogP contribution in [-0.2, 0) is 14.3 Å². The molecular formula is C13H17NO5. The zero-order valence-electron chi connectivity index (χ0n) is 11.4. The highest BCUT2D eigenvalue weighted by molar-refractivity contribution is 6.37. The van der Waals surface area contributed by atoms with Crippen LogP contribution >= 0.6 is 0 Å². The molecule has 6 nitrogen and oxygen atoms in total. The van der Waals surface area contributed by atoms with Gasteiger partial charge in [0.15, 0.2) is 11.5 Å². The van der Waals surface area contributed by atoms with E-state index in [0.29, 0.717) is 17.2 Å². The van der Waals surface area contributed by atoms with E-state index < -0.39 is 11.9 Å². The first-order valence-electron chi connectivity index (χ1n) is 5.72. The first-order valence-corrected chi connectivity index (χ1v) is 5.72. The number of likely N-dealkylation sites (N-methyl/N-ethyl adjacent to an activating group) is 1. The molecule has 0 N–H and O–H groups in total. The van der Waals surface area contributed by atoms with Crippen molar-refractivity contribution in [2.45, 2.75) is 6.92 Å². The third kappa shape index (κ3) is 3.37. The Labute approximate surface area is 111 Å². The minimum atomic E-state index is -0.889. The molecule has 1 aromatic rings. The van der Waals surface area contributed by atoms with E-state index in [2.05, 4.69) is 4.74 Å². The van der Waals surface area contributed by atoms with Gasteiger partial charge in [0.25, 0.3) is 0 Å². The van der Waals surface area contributed by atoms with Gasteiger partial charge in [0.1, 0.15) is 0 Å². The van der Waals surface area contributed by atoms with Crippen molar-refractivity contribution in [3.8, 4) is 11.5 Å². The third-order valence-corrected chi connectivity index (χ3v) is 2.51. The fourth-order valence-corrected chi connectivity index (χ4v) is 1.48. The standard InChI is InChI=1S/C13H17NO5/c1-5-19-13(16)12(15)14(2)9-6-7-10(17-3)11(8-9)18-4/h6-8H,5H2,1-4H3. The van der Waals surface area contributed by atoms with Crippen LogP contribution < -0.4 is 14.4 Å². The number of carbonyl (C=O) groups excluding carboxylic acids is 2. The zero-order chi connectivity index (χ0) is 14.4. The molecular weight excluding hydrogens is 250 g/mol. The lowest BCUT2D eigenvalue weighted by atomic mass is 10.2. The van der Waals surface area contributed by atoms with Gasteiger partial charge >= 0.3 is 11.9 Å². The predicted octanol–water partition coefficient (Wildman–Crippen LogP) is 1.23. The molecule has 0 radical (unpaired) electrons. The average molecular weight is 267 g/mol. The molecule has 0 aliphatic carbocycles. The van der Waals surface area contributed by atoms with Crippen LogP contribution in [0.15, 0.2) is 18.2 Å². The molecule has 1 rings (SSSR count). The maximum Gasteiger partial charge on any atom is 0.397 e. The molecule has 0 aliphatic rings. The van der Waals surface area contributed by atoms with Crippen LogP contribution in [0.3, 0.4) is 0 Å². The summed E-state index contributed by atoms with van der Waals surface area (Å²) in [5, 5.41) is 0. The van der Waals surface area contributed by atoms with Crippen LogP contribution in [0.5, 0.6) is 11.5 Å². The normalized spacial score (nSPS) is 9.68. The van der Waals surface area contributed by atoms with E-state index in [1.54, 1.807) is 25.1 Å². The van der Waals surface area contributed by atoms with E-state index >= 15 is 0 Å². The van der Waals surface area contributed by atoms with Crippen molar-refractivity contribution >= 4 is 17.6 Å². The Hall–Kier alpha value is -2.24. The first kappa shape index (κ1) is 14.8. The van der Waals surface area contributed by atoms with Gasteiger partial charge in [0.2, 0.25) is 0 Å². The second-order valence-corrected chi connectivity index (χ2v) is 3.62. The molecule has 1 aromatic carbocycles. The molecule has 0 aliphatic heterocycles. The first-order chi connectivity index (χ1) is 9.04. The summed E-state index contributed by atoms with van der Waals surface area (Å²) in [7, 11) is 4.50. The van der Waals surface area contributed by atoms with Crippen molar-refractivity contribution in [2.24, 2.45) is 0 Å². The minimum Gasteiger partial charge on any atom is -0.493 e. The number of amides is 1. The maximum atomic E-state index is 11.8. The van der Waals surface area contributed by atoms with Crippen molar-refractivity contribution in [1.29, 1.82) is 0 Å². The number of esters is 1. The number of carbonyl (C=O) groups is 2. The van der Waals surface area contributed by atoms with Crippen molar-refractivity contribution in [1.82, 2.24) is 0 Å². The number of hydrogen-bond acceptors (Lipinski definition) is 5. The summed E-state index contributed by atoms with van der Waals surface area (Å²) in [6.07, 6.45) is 0. The largest absolute Gasteiger partial charge is 0.493 e. The number of rotatable bonds is 4. The minimum absolute atomic E-state index is 0.157. The third-order valence-electron chi connectivity index (χ3n) is 2.51. The van der Waals surface area contributed by atoms with Crippen LogP contribution in [0.4, 0.5) is 5.69 Å². The van der Waals surface area contributed by atoms with Gasteiger partial charge in [-0.2, -0.15) is 0 Å². The fraction of sp³-hybridized carbons (Fsp3) is 0.385. The highest BCUT2D eigenvalue weighted by atomic mass is 16.5. The summed E-state index contributed by atoms with van der Waals surface area (Å²) in [4.78, 5) is 24.3. The van der Waals surface area contributed by atoms with Crippen LogP contribution in [0.25, 0.3) is 0 Å². The highest BCUT2D eigenvalue weighted by Gasteiger charge is 2.22. The average Bonchev–Trinajstić information content (AvgIpc) is 2.45. The van der Waals surface area contributed by atoms with E-state index in [0.717, 1.165) is 0 Å². The molecule has 0 fully saturated rings. The summed E-state index contributed by atoms with van der Waals surface area (Å²) in [6, 6.07) is 4.91. The highest BCUT2D eigenvalue weighted by Crippen LogP contribution is 2.31. The fourth-order valence-electron chi connectivity index (χ4n) is 1.48. The molecule has 0 unspecified atom stereocenters. The Balaban J connectivity index is 2.96. The van der Waals surface area contributed by atoms with Gasteiger partial charge in [-0.25, -0.2) is 4.79 Å².